The molecule has 0 aliphatic rings. The second kappa shape index (κ2) is 6.78. The lowest BCUT2D eigenvalue weighted by molar-refractivity contribution is -0.127. The Morgan fingerprint density at radius 3 is 2.47 bits per heavy atom. The van der Waals surface area contributed by atoms with Crippen LogP contribution in [0.2, 0.25) is 5.02 Å². The first-order chi connectivity index (χ1) is 8.86. The fraction of sp³-hybridized carbons (Fsp3) is 0.500. The maximum atomic E-state index is 11.8. The molecule has 4 nitrogen and oxygen atoms in total. The first-order valence-corrected chi connectivity index (χ1v) is 6.67. The zero-order valence-electron chi connectivity index (χ0n) is 11.9. The smallest absolute Gasteiger partial charge is 0.241 e. The van der Waals surface area contributed by atoms with E-state index in [-0.39, 0.29) is 12.5 Å². The van der Waals surface area contributed by atoms with Gasteiger partial charge in [-0.05, 0) is 31.5 Å². The number of aliphatic hydroxyl groups is 1. The standard InChI is InChI=1S/C14H21ClN2O2/c1-5-17(9-14(19)16(3)4)13-7-6-11(10(2)18)8-12(13)15/h6-8,10,18H,5,9H2,1-4H3/t10-/m1/s1. The fourth-order valence-electron chi connectivity index (χ4n) is 1.71. The molecule has 1 atom stereocenters. The van der Waals surface area contributed by atoms with E-state index in [1.807, 2.05) is 24.0 Å². The van der Waals surface area contributed by atoms with Gasteiger partial charge >= 0.3 is 0 Å². The molecule has 1 N–H and O–H groups in total. The highest BCUT2D eigenvalue weighted by Gasteiger charge is 2.15. The van der Waals surface area contributed by atoms with E-state index in [2.05, 4.69) is 0 Å². The van der Waals surface area contributed by atoms with Crippen molar-refractivity contribution in [2.45, 2.75) is 20.0 Å². The van der Waals surface area contributed by atoms with Crippen molar-refractivity contribution in [2.24, 2.45) is 0 Å². The van der Waals surface area contributed by atoms with Crippen molar-refractivity contribution in [3.8, 4) is 0 Å². The number of aliphatic hydroxyl groups excluding tert-OH is 1. The van der Waals surface area contributed by atoms with Gasteiger partial charge in [-0.25, -0.2) is 0 Å². The Labute approximate surface area is 119 Å². The SMILES string of the molecule is CCN(CC(=O)N(C)C)c1ccc([C@@H](C)O)cc1Cl. The largest absolute Gasteiger partial charge is 0.389 e. The van der Waals surface area contributed by atoms with Crippen LogP contribution in [0.25, 0.3) is 0 Å². The molecule has 106 valence electrons. The van der Waals surface area contributed by atoms with Crippen LogP contribution < -0.4 is 4.90 Å². The van der Waals surface area contributed by atoms with E-state index < -0.39 is 6.10 Å². The normalized spacial score (nSPS) is 12.1. The number of carbonyl (C=O) groups excluding carboxylic acids is 1. The van der Waals surface area contributed by atoms with Crippen molar-refractivity contribution in [3.05, 3.63) is 28.8 Å². The van der Waals surface area contributed by atoms with E-state index >= 15 is 0 Å². The summed E-state index contributed by atoms with van der Waals surface area (Å²) in [5.41, 5.74) is 1.58. The lowest BCUT2D eigenvalue weighted by atomic mass is 10.1. The van der Waals surface area contributed by atoms with Gasteiger partial charge in [-0.1, -0.05) is 17.7 Å². The molecule has 1 aromatic rings. The first-order valence-electron chi connectivity index (χ1n) is 6.29. The molecule has 1 aromatic carbocycles. The topological polar surface area (TPSA) is 43.8 Å². The summed E-state index contributed by atoms with van der Waals surface area (Å²) in [6.07, 6.45) is -0.551. The second-order valence-electron chi connectivity index (χ2n) is 4.69. The number of nitrogens with zero attached hydrogens (tertiary/aromatic N) is 2. The lowest BCUT2D eigenvalue weighted by Crippen LogP contribution is -2.36. The Morgan fingerprint density at radius 2 is 2.05 bits per heavy atom. The molecule has 19 heavy (non-hydrogen) atoms. The van der Waals surface area contributed by atoms with Gasteiger partial charge in [-0.15, -0.1) is 0 Å². The van der Waals surface area contributed by atoms with Gasteiger partial charge in [0, 0.05) is 20.6 Å². The highest BCUT2D eigenvalue weighted by atomic mass is 35.5. The maximum Gasteiger partial charge on any atom is 0.241 e. The van der Waals surface area contributed by atoms with Gasteiger partial charge in [0.2, 0.25) is 5.91 Å². The highest BCUT2D eigenvalue weighted by Crippen LogP contribution is 2.28. The molecule has 5 heteroatoms. The minimum atomic E-state index is -0.551. The summed E-state index contributed by atoms with van der Waals surface area (Å²) in [5, 5.41) is 10.1. The van der Waals surface area contributed by atoms with Crippen molar-refractivity contribution in [1.29, 1.82) is 0 Å². The fourth-order valence-corrected chi connectivity index (χ4v) is 2.02. The van der Waals surface area contributed by atoms with Gasteiger partial charge in [0.05, 0.1) is 23.4 Å². The molecule has 0 aliphatic heterocycles. The molecule has 0 aliphatic carbocycles. The van der Waals surface area contributed by atoms with Gasteiger partial charge in [-0.3, -0.25) is 4.79 Å². The van der Waals surface area contributed by atoms with Gasteiger partial charge in [-0.2, -0.15) is 0 Å². The van der Waals surface area contributed by atoms with Crippen LogP contribution in [0.4, 0.5) is 5.69 Å². The highest BCUT2D eigenvalue weighted by molar-refractivity contribution is 6.33. The maximum absolute atomic E-state index is 11.8. The van der Waals surface area contributed by atoms with Gasteiger partial charge in [0.1, 0.15) is 0 Å². The summed E-state index contributed by atoms with van der Waals surface area (Å²) in [7, 11) is 3.46. The lowest BCUT2D eigenvalue weighted by Gasteiger charge is -2.25. The number of halogens is 1. The van der Waals surface area contributed by atoms with Crippen LogP contribution in [-0.4, -0.2) is 43.1 Å². The van der Waals surface area contributed by atoms with Crippen molar-refractivity contribution in [1.82, 2.24) is 4.90 Å². The van der Waals surface area contributed by atoms with Crippen LogP contribution >= 0.6 is 11.6 Å². The van der Waals surface area contributed by atoms with E-state index in [9.17, 15) is 9.90 Å². The van der Waals surface area contributed by atoms with Crippen molar-refractivity contribution >= 4 is 23.2 Å². The number of rotatable bonds is 5. The van der Waals surface area contributed by atoms with Crippen LogP contribution in [0.5, 0.6) is 0 Å². The summed E-state index contributed by atoms with van der Waals surface area (Å²) >= 11 is 6.23. The van der Waals surface area contributed by atoms with Crippen LogP contribution in [-0.2, 0) is 4.79 Å². The van der Waals surface area contributed by atoms with Crippen molar-refractivity contribution in [2.75, 3.05) is 32.1 Å². The Bertz CT molecular complexity index is 447. The molecule has 0 spiro atoms. The van der Waals surface area contributed by atoms with E-state index in [1.54, 1.807) is 32.0 Å². The molecule has 0 unspecified atom stereocenters. The van der Waals surface area contributed by atoms with Crippen LogP contribution in [0.1, 0.15) is 25.5 Å². The summed E-state index contributed by atoms with van der Waals surface area (Å²) < 4.78 is 0. The van der Waals surface area contributed by atoms with Gasteiger partial charge in [0.25, 0.3) is 0 Å². The Kier molecular flexibility index (Phi) is 5.63. The Hall–Kier alpha value is -1.26. The molecular weight excluding hydrogens is 264 g/mol. The number of benzene rings is 1. The Balaban J connectivity index is 2.96. The van der Waals surface area contributed by atoms with Crippen molar-refractivity contribution < 1.29 is 9.90 Å². The van der Waals surface area contributed by atoms with E-state index in [0.717, 1.165) is 11.3 Å². The second-order valence-corrected chi connectivity index (χ2v) is 5.10. The zero-order chi connectivity index (χ0) is 14.6. The molecule has 0 radical (unpaired) electrons. The van der Waals surface area contributed by atoms with Crippen LogP contribution in [0.3, 0.4) is 0 Å². The number of hydrogen-bond donors (Lipinski definition) is 1. The predicted molar refractivity (Wildman–Crippen MR) is 78.7 cm³/mol. The molecular formula is C14H21ClN2O2. The van der Waals surface area contributed by atoms with E-state index in [0.29, 0.717) is 11.6 Å². The monoisotopic (exact) mass is 284 g/mol. The number of hydrogen-bond acceptors (Lipinski definition) is 3. The number of likely N-dealkylation sites (N-methyl/N-ethyl adjacent to an activating group) is 2. The molecule has 0 saturated carbocycles. The van der Waals surface area contributed by atoms with Crippen LogP contribution in [0.15, 0.2) is 18.2 Å². The molecule has 1 amide bonds. The molecule has 1 rings (SSSR count). The quantitative estimate of drug-likeness (QED) is 0.902. The summed E-state index contributed by atoms with van der Waals surface area (Å²) in [4.78, 5) is 15.2. The van der Waals surface area contributed by atoms with Crippen LogP contribution in [0, 0.1) is 0 Å². The third-order valence-electron chi connectivity index (χ3n) is 3.00. The molecule has 0 heterocycles. The molecule has 0 saturated heterocycles. The van der Waals surface area contributed by atoms with E-state index in [1.165, 1.54) is 0 Å². The minimum absolute atomic E-state index is 0.0255. The summed E-state index contributed by atoms with van der Waals surface area (Å²) in [6.45, 7) is 4.64. The molecule has 0 aromatic heterocycles. The average molecular weight is 285 g/mol. The summed E-state index contributed by atoms with van der Waals surface area (Å²) in [5.74, 6) is 0.0255. The molecule has 0 fully saturated rings. The van der Waals surface area contributed by atoms with Gasteiger partial charge < -0.3 is 14.9 Å². The zero-order valence-corrected chi connectivity index (χ0v) is 12.6. The molecule has 0 bridgehead atoms. The third-order valence-corrected chi connectivity index (χ3v) is 3.30. The van der Waals surface area contributed by atoms with Crippen molar-refractivity contribution in [3.63, 3.8) is 0 Å². The van der Waals surface area contributed by atoms with Gasteiger partial charge in [0.15, 0.2) is 0 Å². The number of carbonyl (C=O) groups is 1. The Morgan fingerprint density at radius 1 is 1.42 bits per heavy atom. The first kappa shape index (κ1) is 15.8. The third kappa shape index (κ3) is 4.11. The van der Waals surface area contributed by atoms with E-state index in [4.69, 9.17) is 11.6 Å². The minimum Gasteiger partial charge on any atom is -0.389 e. The number of anilines is 1. The predicted octanol–water partition coefficient (Wildman–Crippen LogP) is 2.31. The summed E-state index contributed by atoms with van der Waals surface area (Å²) in [6, 6.07) is 5.41. The average Bonchev–Trinajstić information content (AvgIpc) is 2.35. The number of amides is 1.